The van der Waals surface area contributed by atoms with Gasteiger partial charge in [0.25, 0.3) is 5.91 Å². The fourth-order valence-corrected chi connectivity index (χ4v) is 3.56. The molecule has 2 rings (SSSR count). The third-order valence-electron chi connectivity index (χ3n) is 4.17. The van der Waals surface area contributed by atoms with E-state index in [0.717, 1.165) is 23.7 Å². The molecule has 20 heavy (non-hydrogen) atoms. The Balaban J connectivity index is 2.21. The lowest BCUT2D eigenvalue weighted by Crippen LogP contribution is -2.46. The lowest BCUT2D eigenvalue weighted by Gasteiger charge is -2.37. The Morgan fingerprint density at radius 3 is 2.85 bits per heavy atom. The Morgan fingerprint density at radius 2 is 2.15 bits per heavy atom. The number of carbonyl (C=O) groups excluding carboxylic acids is 1. The molecule has 5 heteroatoms. The quantitative estimate of drug-likeness (QED) is 0.894. The summed E-state index contributed by atoms with van der Waals surface area (Å²) in [5.41, 5.74) is 6.40. The first kappa shape index (κ1) is 15.8. The second kappa shape index (κ2) is 6.92. The van der Waals surface area contributed by atoms with Gasteiger partial charge in [-0.3, -0.25) is 4.79 Å². The second-order valence-corrected chi connectivity index (χ2v) is 6.60. The van der Waals surface area contributed by atoms with Gasteiger partial charge in [0.05, 0.1) is 10.6 Å². The van der Waals surface area contributed by atoms with Crippen LogP contribution in [0.3, 0.4) is 0 Å². The fourth-order valence-electron chi connectivity index (χ4n) is 2.98. The summed E-state index contributed by atoms with van der Waals surface area (Å²) in [4.78, 5) is 14.5. The first-order valence-electron chi connectivity index (χ1n) is 6.97. The Hall–Kier alpha value is -0.580. The Bertz CT molecular complexity index is 495. The third kappa shape index (κ3) is 3.18. The summed E-state index contributed by atoms with van der Waals surface area (Å²) in [6, 6.07) is 5.66. The van der Waals surface area contributed by atoms with E-state index in [0.29, 0.717) is 23.0 Å². The van der Waals surface area contributed by atoms with Crippen molar-refractivity contribution in [2.75, 3.05) is 13.6 Å². The van der Waals surface area contributed by atoms with Crippen LogP contribution in [0.5, 0.6) is 0 Å². The Labute approximate surface area is 133 Å². The summed E-state index contributed by atoms with van der Waals surface area (Å²) in [6.07, 6.45) is 4.49. The molecule has 1 saturated carbocycles. The number of nitrogens with two attached hydrogens (primary N) is 1. The van der Waals surface area contributed by atoms with Crippen LogP contribution in [0.2, 0.25) is 5.02 Å². The maximum absolute atomic E-state index is 12.7. The summed E-state index contributed by atoms with van der Waals surface area (Å²) in [7, 11) is 1.86. The van der Waals surface area contributed by atoms with E-state index in [1.807, 2.05) is 24.1 Å². The molecule has 1 amide bonds. The van der Waals surface area contributed by atoms with Crippen LogP contribution in [0.1, 0.15) is 36.0 Å². The number of carbonyl (C=O) groups is 1. The van der Waals surface area contributed by atoms with Crippen molar-refractivity contribution in [1.82, 2.24) is 4.90 Å². The van der Waals surface area contributed by atoms with Crippen molar-refractivity contribution in [3.63, 3.8) is 0 Å². The first-order valence-corrected chi connectivity index (χ1v) is 8.14. The summed E-state index contributed by atoms with van der Waals surface area (Å²) in [5.74, 6) is 0.366. The fraction of sp³-hybridized carbons (Fsp3) is 0.533. The minimum Gasteiger partial charge on any atom is -0.338 e. The van der Waals surface area contributed by atoms with Crippen LogP contribution in [0.25, 0.3) is 0 Å². The van der Waals surface area contributed by atoms with E-state index in [-0.39, 0.29) is 11.9 Å². The summed E-state index contributed by atoms with van der Waals surface area (Å²) in [6.45, 7) is 0.633. The zero-order chi connectivity index (χ0) is 14.7. The van der Waals surface area contributed by atoms with Crippen molar-refractivity contribution in [2.45, 2.75) is 31.7 Å². The number of amides is 1. The average molecular weight is 360 g/mol. The van der Waals surface area contributed by atoms with Crippen molar-refractivity contribution in [3.05, 3.63) is 33.3 Å². The van der Waals surface area contributed by atoms with Gasteiger partial charge in [0.2, 0.25) is 0 Å². The number of hydrogen-bond acceptors (Lipinski definition) is 2. The van der Waals surface area contributed by atoms with Gasteiger partial charge < -0.3 is 10.6 Å². The van der Waals surface area contributed by atoms with Crippen molar-refractivity contribution < 1.29 is 4.79 Å². The summed E-state index contributed by atoms with van der Waals surface area (Å²) in [5, 5.41) is 0.476. The molecule has 110 valence electrons. The van der Waals surface area contributed by atoms with Crippen LogP contribution in [0.15, 0.2) is 22.7 Å². The number of nitrogens with zero attached hydrogens (tertiary/aromatic N) is 1. The van der Waals surface area contributed by atoms with Crippen molar-refractivity contribution in [1.29, 1.82) is 0 Å². The third-order valence-corrected chi connectivity index (χ3v) is 5.47. The van der Waals surface area contributed by atoms with E-state index in [9.17, 15) is 4.79 Å². The monoisotopic (exact) mass is 358 g/mol. The number of rotatable bonds is 3. The van der Waals surface area contributed by atoms with Crippen molar-refractivity contribution >= 4 is 33.4 Å². The molecule has 1 aromatic carbocycles. The standard InChI is InChI=1S/C15H20BrClN2O/c1-19(13-8-3-2-5-10(13)9-18)15(20)11-6-4-7-12(16)14(11)17/h4,6-7,10,13H,2-3,5,8-9,18H2,1H3. The molecule has 0 bridgehead atoms. The number of benzene rings is 1. The molecule has 0 radical (unpaired) electrons. The van der Waals surface area contributed by atoms with Crippen molar-refractivity contribution in [3.8, 4) is 0 Å². The summed E-state index contributed by atoms with van der Waals surface area (Å²) < 4.78 is 0.748. The molecule has 1 fully saturated rings. The van der Waals surface area contributed by atoms with E-state index in [2.05, 4.69) is 15.9 Å². The molecule has 0 spiro atoms. The molecule has 0 heterocycles. The van der Waals surface area contributed by atoms with Gasteiger partial charge in [0.15, 0.2) is 0 Å². The molecule has 1 aliphatic carbocycles. The van der Waals surface area contributed by atoms with Gasteiger partial charge in [-0.2, -0.15) is 0 Å². The minimum atomic E-state index is -0.0263. The minimum absolute atomic E-state index is 0.0263. The highest BCUT2D eigenvalue weighted by molar-refractivity contribution is 9.10. The maximum Gasteiger partial charge on any atom is 0.255 e. The highest BCUT2D eigenvalue weighted by Gasteiger charge is 2.31. The van der Waals surface area contributed by atoms with E-state index in [1.165, 1.54) is 6.42 Å². The molecule has 3 nitrogen and oxygen atoms in total. The maximum atomic E-state index is 12.7. The molecular weight excluding hydrogens is 340 g/mol. The molecule has 2 atom stereocenters. The van der Waals surface area contributed by atoms with E-state index in [1.54, 1.807) is 6.07 Å². The number of halogens is 2. The molecule has 2 unspecified atom stereocenters. The van der Waals surface area contributed by atoms with Crippen LogP contribution in [0, 0.1) is 5.92 Å². The van der Waals surface area contributed by atoms with Gasteiger partial charge in [-0.25, -0.2) is 0 Å². The lowest BCUT2D eigenvalue weighted by atomic mass is 9.83. The van der Waals surface area contributed by atoms with Gasteiger partial charge in [-0.1, -0.05) is 30.5 Å². The SMILES string of the molecule is CN(C(=O)c1cccc(Br)c1Cl)C1CCCCC1CN. The molecule has 0 saturated heterocycles. The van der Waals surface area contributed by atoms with E-state index < -0.39 is 0 Å². The largest absolute Gasteiger partial charge is 0.338 e. The number of hydrogen-bond donors (Lipinski definition) is 1. The second-order valence-electron chi connectivity index (χ2n) is 5.37. The Morgan fingerprint density at radius 1 is 1.45 bits per heavy atom. The smallest absolute Gasteiger partial charge is 0.255 e. The van der Waals surface area contributed by atoms with Crippen LogP contribution in [-0.4, -0.2) is 30.4 Å². The molecule has 1 aliphatic rings. The van der Waals surface area contributed by atoms with Gasteiger partial charge >= 0.3 is 0 Å². The first-order chi connectivity index (χ1) is 9.56. The highest BCUT2D eigenvalue weighted by atomic mass is 79.9. The summed E-state index contributed by atoms with van der Waals surface area (Å²) >= 11 is 9.58. The van der Waals surface area contributed by atoms with Gasteiger partial charge in [0.1, 0.15) is 0 Å². The van der Waals surface area contributed by atoms with E-state index in [4.69, 9.17) is 17.3 Å². The van der Waals surface area contributed by atoms with Crippen molar-refractivity contribution in [2.24, 2.45) is 11.7 Å². The zero-order valence-electron chi connectivity index (χ0n) is 11.6. The van der Waals surface area contributed by atoms with Gasteiger partial charge in [-0.05, 0) is 53.4 Å². The van der Waals surface area contributed by atoms with Gasteiger partial charge in [0, 0.05) is 17.6 Å². The predicted octanol–water partition coefficient (Wildman–Crippen LogP) is 3.69. The normalized spacial score (nSPS) is 22.6. The topological polar surface area (TPSA) is 46.3 Å². The molecular formula is C15H20BrClN2O. The lowest BCUT2D eigenvalue weighted by molar-refractivity contribution is 0.0620. The molecule has 0 aliphatic heterocycles. The van der Waals surface area contributed by atoms with Crippen LogP contribution >= 0.6 is 27.5 Å². The average Bonchev–Trinajstić information content (AvgIpc) is 2.48. The predicted molar refractivity (Wildman–Crippen MR) is 86.0 cm³/mol. The van der Waals surface area contributed by atoms with E-state index >= 15 is 0 Å². The van der Waals surface area contributed by atoms with Gasteiger partial charge in [-0.15, -0.1) is 0 Å². The molecule has 2 N–H and O–H groups in total. The molecule has 0 aromatic heterocycles. The van der Waals surface area contributed by atoms with Crippen LogP contribution in [-0.2, 0) is 0 Å². The highest BCUT2D eigenvalue weighted by Crippen LogP contribution is 2.31. The van der Waals surface area contributed by atoms with Crippen LogP contribution in [0.4, 0.5) is 0 Å². The zero-order valence-corrected chi connectivity index (χ0v) is 14.0. The molecule has 1 aromatic rings. The Kier molecular flexibility index (Phi) is 5.47. The van der Waals surface area contributed by atoms with Crippen LogP contribution < -0.4 is 5.73 Å².